The van der Waals surface area contributed by atoms with Crippen LogP contribution >= 0.6 is 0 Å². The van der Waals surface area contributed by atoms with Crippen molar-refractivity contribution in [3.05, 3.63) is 83.7 Å². The number of nitrogens with zero attached hydrogens (tertiary/aromatic N) is 2. The van der Waals surface area contributed by atoms with Crippen LogP contribution in [0.3, 0.4) is 0 Å². The molecule has 2 aromatic heterocycles. The Morgan fingerprint density at radius 2 is 1.85 bits per heavy atom. The van der Waals surface area contributed by atoms with E-state index in [0.717, 1.165) is 35.4 Å². The van der Waals surface area contributed by atoms with Crippen LogP contribution in [0.4, 0.5) is 8.78 Å². The van der Waals surface area contributed by atoms with Crippen LogP contribution in [0.15, 0.2) is 60.7 Å². The molecule has 0 spiro atoms. The molecule has 0 amide bonds. The lowest BCUT2D eigenvalue weighted by molar-refractivity contribution is 0.101. The number of halogens is 2. The third-order valence-electron chi connectivity index (χ3n) is 5.12. The summed E-state index contributed by atoms with van der Waals surface area (Å²) in [5, 5.41) is 0.748. The molecule has 2 aromatic carbocycles. The molecule has 170 valence electrons. The first-order valence-electron chi connectivity index (χ1n) is 9.94. The monoisotopic (exact) mass is 470 g/mol. The summed E-state index contributed by atoms with van der Waals surface area (Å²) in [6.07, 6.45) is 0.981. The van der Waals surface area contributed by atoms with E-state index in [2.05, 4.69) is 4.98 Å². The van der Waals surface area contributed by atoms with Crippen LogP contribution in [0.1, 0.15) is 16.2 Å². The number of fused-ring (bicyclic) bond motifs is 1. The lowest BCUT2D eigenvalue weighted by Gasteiger charge is -2.12. The Morgan fingerprint density at radius 3 is 2.58 bits per heavy atom. The van der Waals surface area contributed by atoms with Gasteiger partial charge in [-0.1, -0.05) is 6.07 Å². The minimum absolute atomic E-state index is 0.0227. The van der Waals surface area contributed by atoms with Gasteiger partial charge >= 0.3 is 0 Å². The van der Waals surface area contributed by atoms with Gasteiger partial charge in [0.1, 0.15) is 28.8 Å². The molecule has 0 aliphatic heterocycles. The number of Topliss-reactive ketones (excluding diaryl/α,β-unsaturated/α-hetero) is 1. The molecule has 0 unspecified atom stereocenters. The third kappa shape index (κ3) is 4.93. The molecular weight excluding hydrogens is 450 g/mol. The molecule has 0 saturated heterocycles. The summed E-state index contributed by atoms with van der Waals surface area (Å²) >= 11 is 0. The summed E-state index contributed by atoms with van der Waals surface area (Å²) in [6.45, 7) is 0.140. The van der Waals surface area contributed by atoms with Crippen LogP contribution in [-0.4, -0.2) is 42.9 Å². The molecule has 0 fully saturated rings. The average molecular weight is 470 g/mol. The van der Waals surface area contributed by atoms with E-state index in [0.29, 0.717) is 17.1 Å². The van der Waals surface area contributed by atoms with Crippen molar-refractivity contribution in [3.8, 4) is 17.0 Å². The quantitative estimate of drug-likeness (QED) is 0.377. The topological polar surface area (TPSA) is 78.3 Å². The van der Waals surface area contributed by atoms with E-state index in [-0.39, 0.29) is 17.8 Å². The number of hydrogen-bond donors (Lipinski definition) is 0. The number of rotatable bonds is 7. The minimum Gasteiger partial charge on any atom is -0.497 e. The molecule has 0 aliphatic rings. The first-order valence-corrected chi connectivity index (χ1v) is 12.0. The number of sulfone groups is 1. The number of methoxy groups -OCH3 is 1. The van der Waals surface area contributed by atoms with Crippen molar-refractivity contribution in [2.24, 2.45) is 0 Å². The predicted octanol–water partition coefficient (Wildman–Crippen LogP) is 4.27. The molecule has 0 bridgehead atoms. The molecule has 0 aliphatic carbocycles. The second-order valence-corrected chi connectivity index (χ2v) is 9.81. The number of ether oxygens (including phenoxy) is 1. The van der Waals surface area contributed by atoms with Gasteiger partial charge in [-0.2, -0.15) is 0 Å². The maximum Gasteiger partial charge on any atom is 0.196 e. The van der Waals surface area contributed by atoms with Gasteiger partial charge in [0.2, 0.25) is 0 Å². The van der Waals surface area contributed by atoms with E-state index in [9.17, 15) is 22.0 Å². The highest BCUT2D eigenvalue weighted by Gasteiger charge is 2.18. The number of benzene rings is 2. The molecule has 2 heterocycles. The van der Waals surface area contributed by atoms with Crippen molar-refractivity contribution in [2.45, 2.75) is 6.54 Å². The van der Waals surface area contributed by atoms with Gasteiger partial charge in [0.05, 0.1) is 25.0 Å². The first kappa shape index (κ1) is 22.6. The summed E-state index contributed by atoms with van der Waals surface area (Å²) in [7, 11) is -1.97. The van der Waals surface area contributed by atoms with Gasteiger partial charge in [0.15, 0.2) is 15.6 Å². The first-order chi connectivity index (χ1) is 15.6. The van der Waals surface area contributed by atoms with Gasteiger partial charge in [0, 0.05) is 22.7 Å². The molecule has 9 heteroatoms. The SMILES string of the molecule is COc1ccc2c(c1)cc(-c1cc(F)ccc1F)n2Cc1cccc(C(=O)CS(C)(=O)=O)n1. The molecule has 0 radical (unpaired) electrons. The zero-order chi connectivity index (χ0) is 23.8. The summed E-state index contributed by atoms with van der Waals surface area (Å²) < 4.78 is 58.6. The number of pyridine rings is 1. The van der Waals surface area contributed by atoms with E-state index < -0.39 is 33.0 Å². The number of hydrogen-bond acceptors (Lipinski definition) is 5. The third-order valence-corrected chi connectivity index (χ3v) is 5.91. The molecule has 4 rings (SSSR count). The summed E-state index contributed by atoms with van der Waals surface area (Å²) in [6, 6.07) is 15.0. The van der Waals surface area contributed by atoms with Crippen LogP contribution in [0.25, 0.3) is 22.2 Å². The fourth-order valence-electron chi connectivity index (χ4n) is 3.66. The van der Waals surface area contributed by atoms with Crippen molar-refractivity contribution >= 4 is 26.5 Å². The highest BCUT2D eigenvalue weighted by molar-refractivity contribution is 7.91. The molecule has 4 aromatic rings. The van der Waals surface area contributed by atoms with Gasteiger partial charge in [-0.05, 0) is 54.6 Å². The fraction of sp³-hybridized carbons (Fsp3) is 0.167. The van der Waals surface area contributed by atoms with Gasteiger partial charge < -0.3 is 9.30 Å². The van der Waals surface area contributed by atoms with Crippen molar-refractivity contribution in [1.82, 2.24) is 9.55 Å². The summed E-state index contributed by atoms with van der Waals surface area (Å²) in [4.78, 5) is 16.6. The Kier molecular flexibility index (Phi) is 5.99. The maximum atomic E-state index is 14.7. The van der Waals surface area contributed by atoms with Gasteiger partial charge in [-0.15, -0.1) is 0 Å². The van der Waals surface area contributed by atoms with Crippen LogP contribution in [0.5, 0.6) is 5.75 Å². The minimum atomic E-state index is -3.51. The van der Waals surface area contributed by atoms with Gasteiger partial charge in [-0.25, -0.2) is 22.2 Å². The van der Waals surface area contributed by atoms with Gasteiger partial charge in [-0.3, -0.25) is 4.79 Å². The predicted molar refractivity (Wildman–Crippen MR) is 121 cm³/mol. The standard InChI is InChI=1S/C24H20F2N2O4S/c1-32-18-7-9-22-15(10-18)11-23(19-12-16(25)6-8-20(19)26)28(22)13-17-4-3-5-21(27-17)24(29)14-33(2,30)31/h3-12H,13-14H2,1-2H3. The molecular formula is C24H20F2N2O4S. The number of aromatic nitrogens is 2. The lowest BCUT2D eigenvalue weighted by Crippen LogP contribution is -2.16. The molecule has 6 nitrogen and oxygen atoms in total. The van der Waals surface area contributed by atoms with Gasteiger partial charge in [0.25, 0.3) is 0 Å². The Morgan fingerprint density at radius 1 is 1.06 bits per heavy atom. The lowest BCUT2D eigenvalue weighted by atomic mass is 10.1. The Hall–Kier alpha value is -3.59. The van der Waals surface area contributed by atoms with Crippen molar-refractivity contribution < 1.29 is 26.7 Å². The van der Waals surface area contributed by atoms with Crippen LogP contribution in [0.2, 0.25) is 0 Å². The second-order valence-electron chi connectivity index (χ2n) is 7.67. The van der Waals surface area contributed by atoms with E-state index >= 15 is 0 Å². The fourth-order valence-corrected chi connectivity index (χ4v) is 4.28. The Balaban J connectivity index is 1.83. The number of carbonyl (C=O) groups excluding carboxylic acids is 1. The summed E-state index contributed by atoms with van der Waals surface area (Å²) in [5.41, 5.74) is 1.71. The van der Waals surface area contributed by atoms with E-state index in [1.807, 2.05) is 0 Å². The molecule has 0 saturated carbocycles. The van der Waals surface area contributed by atoms with Crippen LogP contribution in [-0.2, 0) is 16.4 Å². The smallest absolute Gasteiger partial charge is 0.196 e. The zero-order valence-corrected chi connectivity index (χ0v) is 18.7. The average Bonchev–Trinajstić information content (AvgIpc) is 3.11. The number of ketones is 1. The van der Waals surface area contributed by atoms with E-state index in [4.69, 9.17) is 4.74 Å². The van der Waals surface area contributed by atoms with Crippen LogP contribution < -0.4 is 4.74 Å². The Bertz CT molecular complexity index is 1480. The molecule has 33 heavy (non-hydrogen) atoms. The zero-order valence-electron chi connectivity index (χ0n) is 17.9. The summed E-state index contributed by atoms with van der Waals surface area (Å²) in [5.74, 6) is -1.81. The highest BCUT2D eigenvalue weighted by atomic mass is 32.2. The van der Waals surface area contributed by atoms with Crippen molar-refractivity contribution in [1.29, 1.82) is 0 Å². The van der Waals surface area contributed by atoms with Crippen molar-refractivity contribution in [2.75, 3.05) is 19.1 Å². The Labute approximate surface area is 189 Å². The second kappa shape index (κ2) is 8.74. The van der Waals surface area contributed by atoms with E-state index in [1.165, 1.54) is 13.2 Å². The largest absolute Gasteiger partial charge is 0.497 e. The number of carbonyl (C=O) groups is 1. The normalized spacial score (nSPS) is 11.6. The van der Waals surface area contributed by atoms with E-state index in [1.54, 1.807) is 41.0 Å². The van der Waals surface area contributed by atoms with Crippen molar-refractivity contribution in [3.63, 3.8) is 0 Å². The molecule has 0 atom stereocenters. The molecule has 0 N–H and O–H groups in total. The highest BCUT2D eigenvalue weighted by Crippen LogP contribution is 2.33. The van der Waals surface area contributed by atoms with Crippen LogP contribution in [0, 0.1) is 11.6 Å². The maximum absolute atomic E-state index is 14.7.